The second-order valence-electron chi connectivity index (χ2n) is 3.83. The minimum Gasteiger partial charge on any atom is -0.495 e. The lowest BCUT2D eigenvalue weighted by molar-refractivity contribution is 0.412. The van der Waals surface area contributed by atoms with E-state index in [0.717, 1.165) is 15.9 Å². The van der Waals surface area contributed by atoms with E-state index in [1.165, 1.54) is 6.33 Å². The highest BCUT2D eigenvalue weighted by molar-refractivity contribution is 9.10. The number of halogens is 1. The van der Waals surface area contributed by atoms with Crippen molar-refractivity contribution in [3.63, 3.8) is 0 Å². The van der Waals surface area contributed by atoms with Gasteiger partial charge in [-0.1, -0.05) is 0 Å². The van der Waals surface area contributed by atoms with E-state index < -0.39 is 0 Å². The predicted molar refractivity (Wildman–Crippen MR) is 82.1 cm³/mol. The van der Waals surface area contributed by atoms with Crippen LogP contribution in [0, 0.1) is 0 Å². The van der Waals surface area contributed by atoms with Gasteiger partial charge in [-0.15, -0.1) is 0 Å². The summed E-state index contributed by atoms with van der Waals surface area (Å²) in [5.41, 5.74) is 0.837. The van der Waals surface area contributed by atoms with Crippen molar-refractivity contribution in [2.24, 2.45) is 0 Å². The van der Waals surface area contributed by atoms with E-state index in [2.05, 4.69) is 36.5 Å². The van der Waals surface area contributed by atoms with Crippen LogP contribution in [0.2, 0.25) is 0 Å². The Bertz CT molecular complexity index is 607. The number of ether oxygens (including phenoxy) is 2. The molecule has 1 aromatic heterocycles. The standard InChI is InChI=1S/C13H15BrN4O2/c1-15-12-11(20-3)13(17-7-16-12)18-8-4-5-9(14)10(6-8)19-2/h4-7H,1-3H3,(H2,15,16,17,18). The van der Waals surface area contributed by atoms with E-state index >= 15 is 0 Å². The Kier molecular flexibility index (Phi) is 4.62. The molecule has 0 amide bonds. The molecule has 6 nitrogen and oxygen atoms in total. The predicted octanol–water partition coefficient (Wildman–Crippen LogP) is 3.04. The summed E-state index contributed by atoms with van der Waals surface area (Å²) >= 11 is 3.41. The van der Waals surface area contributed by atoms with Crippen LogP contribution in [-0.4, -0.2) is 31.2 Å². The van der Waals surface area contributed by atoms with Crippen molar-refractivity contribution >= 4 is 33.3 Å². The lowest BCUT2D eigenvalue weighted by atomic mass is 10.3. The van der Waals surface area contributed by atoms with Crippen LogP contribution in [-0.2, 0) is 0 Å². The Morgan fingerprint density at radius 3 is 2.50 bits per heavy atom. The van der Waals surface area contributed by atoms with Crippen molar-refractivity contribution < 1.29 is 9.47 Å². The Morgan fingerprint density at radius 1 is 1.10 bits per heavy atom. The van der Waals surface area contributed by atoms with E-state index in [4.69, 9.17) is 9.47 Å². The van der Waals surface area contributed by atoms with Gasteiger partial charge in [-0.3, -0.25) is 0 Å². The first-order chi connectivity index (χ1) is 9.69. The molecule has 0 spiro atoms. The van der Waals surface area contributed by atoms with Gasteiger partial charge >= 0.3 is 0 Å². The fourth-order valence-corrected chi connectivity index (χ4v) is 2.12. The summed E-state index contributed by atoms with van der Waals surface area (Å²) in [4.78, 5) is 8.29. The highest BCUT2D eigenvalue weighted by Gasteiger charge is 2.11. The fourth-order valence-electron chi connectivity index (χ4n) is 1.71. The number of methoxy groups -OCH3 is 2. The van der Waals surface area contributed by atoms with Crippen LogP contribution in [0.1, 0.15) is 0 Å². The topological polar surface area (TPSA) is 68.3 Å². The summed E-state index contributed by atoms with van der Waals surface area (Å²) < 4.78 is 11.5. The van der Waals surface area contributed by atoms with E-state index in [1.807, 2.05) is 18.2 Å². The number of anilines is 3. The zero-order chi connectivity index (χ0) is 14.5. The molecule has 2 aromatic rings. The Balaban J connectivity index is 2.34. The summed E-state index contributed by atoms with van der Waals surface area (Å²) in [6, 6.07) is 5.67. The molecule has 0 aliphatic carbocycles. The van der Waals surface area contributed by atoms with Crippen LogP contribution < -0.4 is 20.1 Å². The molecule has 0 bridgehead atoms. The van der Waals surface area contributed by atoms with Gasteiger partial charge in [0, 0.05) is 18.8 Å². The van der Waals surface area contributed by atoms with Gasteiger partial charge in [0.2, 0.25) is 5.75 Å². The molecule has 0 aliphatic heterocycles. The number of hydrogen-bond acceptors (Lipinski definition) is 6. The van der Waals surface area contributed by atoms with Crippen LogP contribution in [0.4, 0.5) is 17.3 Å². The molecule has 0 fully saturated rings. The molecule has 20 heavy (non-hydrogen) atoms. The zero-order valence-electron chi connectivity index (χ0n) is 11.4. The van der Waals surface area contributed by atoms with E-state index in [9.17, 15) is 0 Å². The second-order valence-corrected chi connectivity index (χ2v) is 4.68. The highest BCUT2D eigenvalue weighted by Crippen LogP contribution is 2.33. The van der Waals surface area contributed by atoms with Gasteiger partial charge in [0.25, 0.3) is 0 Å². The molecule has 2 rings (SSSR count). The fraction of sp³-hybridized carbons (Fsp3) is 0.231. The summed E-state index contributed by atoms with van der Waals surface area (Å²) in [5.74, 6) is 2.49. The normalized spacial score (nSPS) is 10.0. The van der Waals surface area contributed by atoms with Gasteiger partial charge in [0.15, 0.2) is 11.6 Å². The molecule has 0 saturated carbocycles. The van der Waals surface area contributed by atoms with Crippen LogP contribution >= 0.6 is 15.9 Å². The minimum absolute atomic E-state index is 0.553. The number of nitrogens with one attached hydrogen (secondary N) is 2. The number of aromatic nitrogens is 2. The molecule has 7 heteroatoms. The van der Waals surface area contributed by atoms with Crippen molar-refractivity contribution in [1.82, 2.24) is 9.97 Å². The van der Waals surface area contributed by atoms with Gasteiger partial charge in [-0.25, -0.2) is 9.97 Å². The Labute approximate surface area is 125 Å². The quantitative estimate of drug-likeness (QED) is 0.873. The highest BCUT2D eigenvalue weighted by atomic mass is 79.9. The van der Waals surface area contributed by atoms with Crippen molar-refractivity contribution in [3.8, 4) is 11.5 Å². The van der Waals surface area contributed by atoms with Crippen molar-refractivity contribution in [1.29, 1.82) is 0 Å². The number of hydrogen-bond donors (Lipinski definition) is 2. The van der Waals surface area contributed by atoms with Gasteiger partial charge in [-0.05, 0) is 28.1 Å². The van der Waals surface area contributed by atoms with Gasteiger partial charge in [-0.2, -0.15) is 0 Å². The lowest BCUT2D eigenvalue weighted by Gasteiger charge is -2.13. The van der Waals surface area contributed by atoms with Gasteiger partial charge in [0.05, 0.1) is 18.7 Å². The summed E-state index contributed by atoms with van der Waals surface area (Å²) in [5, 5.41) is 6.14. The molecule has 106 valence electrons. The summed E-state index contributed by atoms with van der Waals surface area (Å²) in [7, 11) is 4.97. The third kappa shape index (κ3) is 2.93. The van der Waals surface area contributed by atoms with Crippen molar-refractivity contribution in [3.05, 3.63) is 29.0 Å². The maximum atomic E-state index is 5.33. The average Bonchev–Trinajstić information content (AvgIpc) is 2.48. The van der Waals surface area contributed by atoms with E-state index in [1.54, 1.807) is 21.3 Å². The zero-order valence-corrected chi connectivity index (χ0v) is 13.0. The molecule has 0 saturated heterocycles. The van der Waals surface area contributed by atoms with Crippen LogP contribution in [0.5, 0.6) is 11.5 Å². The minimum atomic E-state index is 0.553. The molecule has 0 unspecified atom stereocenters. The molecule has 0 atom stereocenters. The lowest BCUT2D eigenvalue weighted by Crippen LogP contribution is -2.03. The molecular weight excluding hydrogens is 324 g/mol. The smallest absolute Gasteiger partial charge is 0.204 e. The third-order valence-corrected chi connectivity index (χ3v) is 3.31. The first-order valence-corrected chi connectivity index (χ1v) is 6.66. The SMILES string of the molecule is CNc1ncnc(Nc2ccc(Br)c(OC)c2)c1OC. The molecule has 1 aromatic carbocycles. The van der Waals surface area contributed by atoms with Crippen LogP contribution in [0.15, 0.2) is 29.0 Å². The van der Waals surface area contributed by atoms with Crippen LogP contribution in [0.25, 0.3) is 0 Å². The first kappa shape index (κ1) is 14.4. The maximum absolute atomic E-state index is 5.33. The summed E-state index contributed by atoms with van der Waals surface area (Å²) in [6.07, 6.45) is 1.47. The number of benzene rings is 1. The van der Waals surface area contributed by atoms with Crippen molar-refractivity contribution in [2.75, 3.05) is 31.9 Å². The van der Waals surface area contributed by atoms with E-state index in [-0.39, 0.29) is 0 Å². The molecular formula is C13H15BrN4O2. The van der Waals surface area contributed by atoms with Crippen LogP contribution in [0.3, 0.4) is 0 Å². The second kappa shape index (κ2) is 6.42. The van der Waals surface area contributed by atoms with Gasteiger partial charge in [0.1, 0.15) is 12.1 Å². The van der Waals surface area contributed by atoms with E-state index in [0.29, 0.717) is 17.4 Å². The van der Waals surface area contributed by atoms with Gasteiger partial charge < -0.3 is 20.1 Å². The molecule has 1 heterocycles. The molecule has 0 aliphatic rings. The number of rotatable bonds is 5. The third-order valence-electron chi connectivity index (χ3n) is 2.66. The first-order valence-electron chi connectivity index (χ1n) is 5.87. The number of nitrogens with zero attached hydrogens (tertiary/aromatic N) is 2. The molecule has 2 N–H and O–H groups in total. The Morgan fingerprint density at radius 2 is 1.85 bits per heavy atom. The largest absolute Gasteiger partial charge is 0.495 e. The average molecular weight is 339 g/mol. The summed E-state index contributed by atoms with van der Waals surface area (Å²) in [6.45, 7) is 0. The monoisotopic (exact) mass is 338 g/mol. The van der Waals surface area contributed by atoms with Crippen molar-refractivity contribution in [2.45, 2.75) is 0 Å². The molecule has 0 radical (unpaired) electrons. The maximum Gasteiger partial charge on any atom is 0.204 e. The Hall–Kier alpha value is -2.02.